The molecule has 1 aromatic carbocycles. The maximum atomic E-state index is 13.8. The number of halogens is 1. The van der Waals surface area contributed by atoms with Crippen LogP contribution >= 0.6 is 0 Å². The number of nitro benzene ring substituents is 1. The maximum absolute atomic E-state index is 13.8. The molecule has 0 aliphatic heterocycles. The standard InChI is InChI=1S/C12H13FN4O3/c1-8-15-11(16-20-8)5-6-14-7-9-3-2-4-10(12(9)13)17(18)19/h2-4,14H,5-7H2,1H3. The summed E-state index contributed by atoms with van der Waals surface area (Å²) in [5.74, 6) is 0.250. The van der Waals surface area contributed by atoms with E-state index < -0.39 is 16.4 Å². The third-order valence-corrected chi connectivity index (χ3v) is 2.67. The molecule has 1 aromatic heterocycles. The van der Waals surface area contributed by atoms with E-state index in [0.29, 0.717) is 24.7 Å². The van der Waals surface area contributed by atoms with Crippen molar-refractivity contribution in [2.75, 3.05) is 6.54 Å². The molecule has 0 fully saturated rings. The molecule has 7 nitrogen and oxygen atoms in total. The SMILES string of the molecule is Cc1nc(CCNCc2cccc([N+](=O)[O-])c2F)no1. The van der Waals surface area contributed by atoms with E-state index in [-0.39, 0.29) is 12.1 Å². The van der Waals surface area contributed by atoms with Gasteiger partial charge in [-0.25, -0.2) is 0 Å². The van der Waals surface area contributed by atoms with Crippen LogP contribution in [-0.2, 0) is 13.0 Å². The smallest absolute Gasteiger partial charge is 0.305 e. The van der Waals surface area contributed by atoms with Gasteiger partial charge in [0.15, 0.2) is 5.82 Å². The van der Waals surface area contributed by atoms with Crippen molar-refractivity contribution in [3.05, 3.63) is 51.4 Å². The molecule has 20 heavy (non-hydrogen) atoms. The number of hydrogen-bond acceptors (Lipinski definition) is 6. The molecule has 0 spiro atoms. The summed E-state index contributed by atoms with van der Waals surface area (Å²) in [4.78, 5) is 13.9. The van der Waals surface area contributed by atoms with Crippen molar-refractivity contribution < 1.29 is 13.8 Å². The fourth-order valence-electron chi connectivity index (χ4n) is 1.71. The van der Waals surface area contributed by atoms with E-state index in [1.165, 1.54) is 12.1 Å². The molecule has 0 saturated carbocycles. The number of nitrogens with zero attached hydrogens (tertiary/aromatic N) is 3. The van der Waals surface area contributed by atoms with Crippen molar-refractivity contribution in [1.82, 2.24) is 15.5 Å². The molecular weight excluding hydrogens is 267 g/mol. The van der Waals surface area contributed by atoms with Gasteiger partial charge in [-0.1, -0.05) is 17.3 Å². The van der Waals surface area contributed by atoms with E-state index in [9.17, 15) is 14.5 Å². The lowest BCUT2D eigenvalue weighted by atomic mass is 10.2. The summed E-state index contributed by atoms with van der Waals surface area (Å²) in [7, 11) is 0. The van der Waals surface area contributed by atoms with Gasteiger partial charge in [0.1, 0.15) is 0 Å². The molecule has 0 aliphatic rings. The van der Waals surface area contributed by atoms with Crippen molar-refractivity contribution in [2.24, 2.45) is 0 Å². The first kappa shape index (κ1) is 14.1. The molecule has 0 atom stereocenters. The van der Waals surface area contributed by atoms with Gasteiger partial charge in [-0.2, -0.15) is 9.37 Å². The maximum Gasteiger partial charge on any atom is 0.305 e. The van der Waals surface area contributed by atoms with Crippen molar-refractivity contribution in [1.29, 1.82) is 0 Å². The Bertz CT molecular complexity index is 614. The molecule has 0 bridgehead atoms. The third kappa shape index (κ3) is 3.35. The van der Waals surface area contributed by atoms with Gasteiger partial charge < -0.3 is 9.84 Å². The molecule has 1 N–H and O–H groups in total. The van der Waals surface area contributed by atoms with Crippen LogP contribution in [0.2, 0.25) is 0 Å². The molecule has 0 aliphatic carbocycles. The number of nitro groups is 1. The van der Waals surface area contributed by atoms with Crippen molar-refractivity contribution in [2.45, 2.75) is 19.9 Å². The van der Waals surface area contributed by atoms with Gasteiger partial charge in [-0.05, 0) is 0 Å². The Labute approximate surface area is 114 Å². The second-order valence-corrected chi connectivity index (χ2v) is 4.16. The van der Waals surface area contributed by atoms with Crippen LogP contribution < -0.4 is 5.32 Å². The van der Waals surface area contributed by atoms with Gasteiger partial charge in [0, 0.05) is 38.1 Å². The topological polar surface area (TPSA) is 94.1 Å². The molecule has 0 amide bonds. The molecule has 0 saturated heterocycles. The monoisotopic (exact) mass is 280 g/mol. The van der Waals surface area contributed by atoms with Crippen molar-refractivity contribution in [3.63, 3.8) is 0 Å². The van der Waals surface area contributed by atoms with Crippen LogP contribution in [0.1, 0.15) is 17.3 Å². The first-order valence-corrected chi connectivity index (χ1v) is 5.99. The van der Waals surface area contributed by atoms with Gasteiger partial charge in [0.05, 0.1) is 4.92 Å². The summed E-state index contributed by atoms with van der Waals surface area (Å²) >= 11 is 0. The highest BCUT2D eigenvalue weighted by Gasteiger charge is 2.16. The Kier molecular flexibility index (Phi) is 4.36. The molecule has 1 heterocycles. The quantitative estimate of drug-likeness (QED) is 0.492. The van der Waals surface area contributed by atoms with Crippen LogP contribution in [0.3, 0.4) is 0 Å². The lowest BCUT2D eigenvalue weighted by Gasteiger charge is -2.04. The number of benzene rings is 1. The van der Waals surface area contributed by atoms with Gasteiger partial charge in [0.2, 0.25) is 11.7 Å². The Morgan fingerprint density at radius 3 is 2.95 bits per heavy atom. The second-order valence-electron chi connectivity index (χ2n) is 4.16. The van der Waals surface area contributed by atoms with Crippen LogP contribution in [0.15, 0.2) is 22.7 Å². The fraction of sp³-hybridized carbons (Fsp3) is 0.333. The van der Waals surface area contributed by atoms with Crippen LogP contribution in [0.4, 0.5) is 10.1 Å². The van der Waals surface area contributed by atoms with Gasteiger partial charge in [0.25, 0.3) is 0 Å². The predicted octanol–water partition coefficient (Wildman–Crippen LogP) is 1.76. The van der Waals surface area contributed by atoms with Gasteiger partial charge in [-0.3, -0.25) is 10.1 Å². The lowest BCUT2D eigenvalue weighted by Crippen LogP contribution is -2.18. The van der Waals surface area contributed by atoms with E-state index in [1.54, 1.807) is 6.92 Å². The first-order valence-electron chi connectivity index (χ1n) is 5.99. The minimum atomic E-state index is -0.805. The summed E-state index contributed by atoms with van der Waals surface area (Å²) in [5, 5.41) is 17.3. The molecule has 0 radical (unpaired) electrons. The van der Waals surface area contributed by atoms with E-state index >= 15 is 0 Å². The minimum Gasteiger partial charge on any atom is -0.340 e. The van der Waals surface area contributed by atoms with E-state index in [1.807, 2.05) is 0 Å². The number of rotatable bonds is 6. The lowest BCUT2D eigenvalue weighted by molar-refractivity contribution is -0.387. The fourth-order valence-corrected chi connectivity index (χ4v) is 1.71. The first-order chi connectivity index (χ1) is 9.58. The Hall–Kier alpha value is -2.35. The molecule has 0 unspecified atom stereocenters. The third-order valence-electron chi connectivity index (χ3n) is 2.67. The summed E-state index contributed by atoms with van der Waals surface area (Å²) in [6.07, 6.45) is 0.536. The number of hydrogen-bond donors (Lipinski definition) is 1. The molecule has 106 valence electrons. The van der Waals surface area contributed by atoms with Crippen LogP contribution in [-0.4, -0.2) is 21.6 Å². The largest absolute Gasteiger partial charge is 0.340 e. The summed E-state index contributed by atoms with van der Waals surface area (Å²) in [6.45, 7) is 2.41. The van der Waals surface area contributed by atoms with Crippen LogP contribution in [0.25, 0.3) is 0 Å². The van der Waals surface area contributed by atoms with Crippen molar-refractivity contribution >= 4 is 5.69 Å². The highest BCUT2D eigenvalue weighted by molar-refractivity contribution is 5.36. The normalized spacial score (nSPS) is 10.7. The Morgan fingerprint density at radius 2 is 2.30 bits per heavy atom. The van der Waals surface area contributed by atoms with E-state index in [2.05, 4.69) is 15.5 Å². The molecule has 2 aromatic rings. The van der Waals surface area contributed by atoms with Crippen LogP contribution in [0, 0.1) is 22.9 Å². The average molecular weight is 280 g/mol. The van der Waals surface area contributed by atoms with Crippen LogP contribution in [0.5, 0.6) is 0 Å². The second kappa shape index (κ2) is 6.20. The summed E-state index contributed by atoms with van der Waals surface area (Å²) < 4.78 is 18.6. The summed E-state index contributed by atoms with van der Waals surface area (Å²) in [6, 6.07) is 4.11. The Balaban J connectivity index is 1.88. The Morgan fingerprint density at radius 1 is 1.50 bits per heavy atom. The highest BCUT2D eigenvalue weighted by Crippen LogP contribution is 2.19. The molecule has 2 rings (SSSR count). The minimum absolute atomic E-state index is 0.199. The predicted molar refractivity (Wildman–Crippen MR) is 67.5 cm³/mol. The zero-order valence-corrected chi connectivity index (χ0v) is 10.8. The average Bonchev–Trinajstić information content (AvgIpc) is 2.82. The highest BCUT2D eigenvalue weighted by atomic mass is 19.1. The summed E-state index contributed by atoms with van der Waals surface area (Å²) in [5.41, 5.74) is -0.262. The van der Waals surface area contributed by atoms with Crippen molar-refractivity contribution in [3.8, 4) is 0 Å². The van der Waals surface area contributed by atoms with Gasteiger partial charge >= 0.3 is 5.69 Å². The zero-order chi connectivity index (χ0) is 14.5. The number of aryl methyl sites for hydroxylation is 1. The molecule has 8 heteroatoms. The number of nitrogens with one attached hydrogen (secondary N) is 1. The molecular formula is C12H13FN4O3. The number of aromatic nitrogens is 2. The van der Waals surface area contributed by atoms with E-state index in [4.69, 9.17) is 4.52 Å². The van der Waals surface area contributed by atoms with Gasteiger partial charge in [-0.15, -0.1) is 0 Å². The zero-order valence-electron chi connectivity index (χ0n) is 10.8. The van der Waals surface area contributed by atoms with E-state index in [0.717, 1.165) is 6.07 Å².